The number of carbonyl (C=O) groups is 1. The van der Waals surface area contributed by atoms with Crippen molar-refractivity contribution in [2.45, 2.75) is 51.6 Å². The molecule has 2 heterocycles. The number of aryl methyl sites for hydroxylation is 3. The van der Waals surface area contributed by atoms with E-state index in [-0.39, 0.29) is 30.5 Å². The first kappa shape index (κ1) is 16.1. The van der Waals surface area contributed by atoms with E-state index in [1.54, 1.807) is 18.3 Å². The number of hydrogen-bond donors (Lipinski definition) is 2. The Balaban J connectivity index is 1.81. The van der Waals surface area contributed by atoms with E-state index in [4.69, 9.17) is 5.11 Å². The number of nitrogens with one attached hydrogen (secondary N) is 1. The molecule has 1 aliphatic carbocycles. The number of nitrogens with zero attached hydrogens (tertiary/aromatic N) is 2. The van der Waals surface area contributed by atoms with Crippen molar-refractivity contribution in [3.63, 3.8) is 0 Å². The third-order valence-corrected chi connectivity index (χ3v) is 5.40. The third kappa shape index (κ3) is 3.30. The van der Waals surface area contributed by atoms with Crippen molar-refractivity contribution >= 4 is 27.5 Å². The molecule has 1 amide bonds. The van der Waals surface area contributed by atoms with Gasteiger partial charge in [-0.05, 0) is 38.2 Å². The maximum absolute atomic E-state index is 12.7. The van der Waals surface area contributed by atoms with E-state index in [0.717, 1.165) is 29.5 Å². The number of amides is 1. The molecule has 6 nitrogen and oxygen atoms in total. The number of aliphatic hydroxyl groups excluding tert-OH is 1. The zero-order chi connectivity index (χ0) is 16.4. The molecule has 7 heteroatoms. The standard InChI is InChI=1S/C16H21N3O3S/c1-10(8-20)18-13(21)6-7-19-9-17-15-14(16(19)22)11-4-2-3-5-12(11)23-15/h9-10,20H,2-8H2,1H3,(H,18,21). The van der Waals surface area contributed by atoms with Gasteiger partial charge in [-0.3, -0.25) is 14.2 Å². The lowest BCUT2D eigenvalue weighted by Gasteiger charge is -2.12. The monoisotopic (exact) mass is 335 g/mol. The van der Waals surface area contributed by atoms with E-state index in [9.17, 15) is 9.59 Å². The van der Waals surface area contributed by atoms with Crippen molar-refractivity contribution in [2.24, 2.45) is 0 Å². The highest BCUT2D eigenvalue weighted by atomic mass is 32.1. The van der Waals surface area contributed by atoms with Gasteiger partial charge in [0.2, 0.25) is 5.91 Å². The highest BCUT2D eigenvalue weighted by molar-refractivity contribution is 7.18. The van der Waals surface area contributed by atoms with Crippen LogP contribution in [0.2, 0.25) is 0 Å². The van der Waals surface area contributed by atoms with Gasteiger partial charge in [0.1, 0.15) is 4.83 Å². The van der Waals surface area contributed by atoms with Gasteiger partial charge in [-0.25, -0.2) is 4.98 Å². The molecule has 3 rings (SSSR count). The Kier molecular flexibility index (Phi) is 4.77. The Bertz CT molecular complexity index is 781. The van der Waals surface area contributed by atoms with E-state index in [1.807, 2.05) is 0 Å². The summed E-state index contributed by atoms with van der Waals surface area (Å²) >= 11 is 1.63. The Morgan fingerprint density at radius 1 is 1.48 bits per heavy atom. The second kappa shape index (κ2) is 6.80. The smallest absolute Gasteiger partial charge is 0.262 e. The summed E-state index contributed by atoms with van der Waals surface area (Å²) in [5, 5.41) is 12.4. The minimum atomic E-state index is -0.274. The fraction of sp³-hybridized carbons (Fsp3) is 0.562. The van der Waals surface area contributed by atoms with Gasteiger partial charge in [-0.2, -0.15) is 0 Å². The average molecular weight is 335 g/mol. The number of fused-ring (bicyclic) bond motifs is 3. The van der Waals surface area contributed by atoms with E-state index in [2.05, 4.69) is 10.3 Å². The van der Waals surface area contributed by atoms with Crippen LogP contribution in [0.15, 0.2) is 11.1 Å². The van der Waals surface area contributed by atoms with Crippen LogP contribution in [0.4, 0.5) is 0 Å². The van der Waals surface area contributed by atoms with Crippen LogP contribution in [-0.4, -0.2) is 33.2 Å². The molecule has 1 aliphatic rings. The lowest BCUT2D eigenvalue weighted by Crippen LogP contribution is -2.36. The van der Waals surface area contributed by atoms with Crippen LogP contribution >= 0.6 is 11.3 Å². The SMILES string of the molecule is CC(CO)NC(=O)CCn1cnc2sc3c(c2c1=O)CCCC3. The molecule has 124 valence electrons. The van der Waals surface area contributed by atoms with Gasteiger partial charge in [0.25, 0.3) is 5.56 Å². The largest absolute Gasteiger partial charge is 0.394 e. The van der Waals surface area contributed by atoms with Gasteiger partial charge >= 0.3 is 0 Å². The highest BCUT2D eigenvalue weighted by Gasteiger charge is 2.20. The number of aliphatic hydroxyl groups is 1. The first-order chi connectivity index (χ1) is 11.1. The fourth-order valence-corrected chi connectivity index (χ4v) is 4.17. The molecule has 0 saturated carbocycles. The van der Waals surface area contributed by atoms with Crippen molar-refractivity contribution in [2.75, 3.05) is 6.61 Å². The van der Waals surface area contributed by atoms with E-state index in [0.29, 0.717) is 6.54 Å². The van der Waals surface area contributed by atoms with Crippen LogP contribution < -0.4 is 10.9 Å². The van der Waals surface area contributed by atoms with Crippen LogP contribution in [0.3, 0.4) is 0 Å². The second-order valence-electron chi connectivity index (χ2n) is 6.04. The first-order valence-corrected chi connectivity index (χ1v) is 8.81. The summed E-state index contributed by atoms with van der Waals surface area (Å²) in [6.07, 6.45) is 6.02. The molecule has 0 fully saturated rings. The van der Waals surface area contributed by atoms with Gasteiger partial charge < -0.3 is 10.4 Å². The van der Waals surface area contributed by atoms with Gasteiger partial charge in [0.15, 0.2) is 0 Å². The summed E-state index contributed by atoms with van der Waals surface area (Å²) in [5.41, 5.74) is 1.12. The van der Waals surface area contributed by atoms with Crippen molar-refractivity contribution in [3.05, 3.63) is 27.1 Å². The molecule has 2 aromatic heterocycles. The van der Waals surface area contributed by atoms with Crippen LogP contribution in [0, 0.1) is 0 Å². The van der Waals surface area contributed by atoms with Crippen LogP contribution in [-0.2, 0) is 24.2 Å². The van der Waals surface area contributed by atoms with E-state index < -0.39 is 0 Å². The summed E-state index contributed by atoms with van der Waals surface area (Å²) in [4.78, 5) is 31.0. The van der Waals surface area contributed by atoms with Gasteiger partial charge in [-0.15, -0.1) is 11.3 Å². The number of hydrogen-bond acceptors (Lipinski definition) is 5. The minimum Gasteiger partial charge on any atom is -0.394 e. The Morgan fingerprint density at radius 2 is 2.26 bits per heavy atom. The fourth-order valence-electron chi connectivity index (χ4n) is 2.96. The van der Waals surface area contributed by atoms with Crippen molar-refractivity contribution in [1.82, 2.24) is 14.9 Å². The third-order valence-electron chi connectivity index (χ3n) is 4.20. The minimum absolute atomic E-state index is 0.0441. The van der Waals surface area contributed by atoms with Gasteiger partial charge in [0, 0.05) is 23.9 Å². The lowest BCUT2D eigenvalue weighted by molar-refractivity contribution is -0.122. The predicted molar refractivity (Wildman–Crippen MR) is 89.8 cm³/mol. The van der Waals surface area contributed by atoms with Crippen molar-refractivity contribution in [1.29, 1.82) is 0 Å². The summed E-state index contributed by atoms with van der Waals surface area (Å²) in [6, 6.07) is -0.274. The number of carbonyl (C=O) groups excluding carboxylic acids is 1. The average Bonchev–Trinajstić information content (AvgIpc) is 2.93. The molecule has 0 aliphatic heterocycles. The molecule has 2 N–H and O–H groups in total. The topological polar surface area (TPSA) is 84.2 Å². The zero-order valence-corrected chi connectivity index (χ0v) is 14.0. The van der Waals surface area contributed by atoms with E-state index in [1.165, 1.54) is 27.8 Å². The second-order valence-corrected chi connectivity index (χ2v) is 7.12. The van der Waals surface area contributed by atoms with Crippen LogP contribution in [0.25, 0.3) is 10.2 Å². The first-order valence-electron chi connectivity index (χ1n) is 8.00. The summed E-state index contributed by atoms with van der Waals surface area (Å²) in [6.45, 7) is 1.94. The number of thiophene rings is 1. The highest BCUT2D eigenvalue weighted by Crippen LogP contribution is 2.33. The summed E-state index contributed by atoms with van der Waals surface area (Å²) in [5.74, 6) is -0.175. The quantitative estimate of drug-likeness (QED) is 0.860. The van der Waals surface area contributed by atoms with Gasteiger partial charge in [0.05, 0.1) is 18.3 Å². The Labute approximate surface area is 138 Å². The molecule has 0 bridgehead atoms. The molecule has 0 spiro atoms. The molecule has 1 atom stereocenters. The van der Waals surface area contributed by atoms with Gasteiger partial charge in [-0.1, -0.05) is 0 Å². The number of aromatic nitrogens is 2. The summed E-state index contributed by atoms with van der Waals surface area (Å²) in [7, 11) is 0. The van der Waals surface area contributed by atoms with Crippen molar-refractivity contribution in [3.8, 4) is 0 Å². The normalized spacial score (nSPS) is 15.4. The molecular formula is C16H21N3O3S. The molecule has 2 aromatic rings. The lowest BCUT2D eigenvalue weighted by atomic mass is 9.97. The Morgan fingerprint density at radius 3 is 3.04 bits per heavy atom. The Hall–Kier alpha value is -1.73. The molecule has 0 saturated heterocycles. The molecule has 23 heavy (non-hydrogen) atoms. The maximum Gasteiger partial charge on any atom is 0.262 e. The predicted octanol–water partition coefficient (Wildman–Crippen LogP) is 1.22. The zero-order valence-electron chi connectivity index (χ0n) is 13.2. The van der Waals surface area contributed by atoms with Crippen LogP contribution in [0.1, 0.15) is 36.6 Å². The van der Waals surface area contributed by atoms with Crippen molar-refractivity contribution < 1.29 is 9.90 Å². The molecule has 0 aromatic carbocycles. The van der Waals surface area contributed by atoms with E-state index >= 15 is 0 Å². The molecule has 0 radical (unpaired) electrons. The molecule has 1 unspecified atom stereocenters. The molecular weight excluding hydrogens is 314 g/mol. The van der Waals surface area contributed by atoms with Crippen LogP contribution in [0.5, 0.6) is 0 Å². The number of rotatable bonds is 5. The summed E-state index contributed by atoms with van der Waals surface area (Å²) < 4.78 is 1.52. The maximum atomic E-state index is 12.7.